The molecule has 1 atom stereocenters. The zero-order valence-corrected chi connectivity index (χ0v) is 8.21. The average Bonchev–Trinajstić information content (AvgIpc) is 2.26. The van der Waals surface area contributed by atoms with E-state index in [0.29, 0.717) is 5.69 Å². The first-order valence-electron chi connectivity index (χ1n) is 4.44. The van der Waals surface area contributed by atoms with Crippen LogP contribution in [0.3, 0.4) is 0 Å². The Morgan fingerprint density at radius 1 is 1.47 bits per heavy atom. The number of rotatable bonds is 5. The summed E-state index contributed by atoms with van der Waals surface area (Å²) in [5, 5.41) is 16.0. The van der Waals surface area contributed by atoms with Crippen molar-refractivity contribution in [3.63, 3.8) is 0 Å². The summed E-state index contributed by atoms with van der Waals surface area (Å²) in [6.07, 6.45) is 0. The molecule has 0 heterocycles. The van der Waals surface area contributed by atoms with Gasteiger partial charge in [0.25, 0.3) is 0 Å². The normalized spacial score (nSPS) is 11.8. The summed E-state index contributed by atoms with van der Waals surface area (Å²) >= 11 is 0. The van der Waals surface area contributed by atoms with Gasteiger partial charge in [0, 0.05) is 17.5 Å². The molecule has 1 aromatic carbocycles. The number of nitrogens with one attached hydrogen (secondary N) is 1. The van der Waals surface area contributed by atoms with E-state index in [1.54, 1.807) is 24.3 Å². The van der Waals surface area contributed by atoms with Crippen LogP contribution in [0, 0.1) is 15.0 Å². The van der Waals surface area contributed by atoms with Crippen molar-refractivity contribution in [3.8, 4) is 0 Å². The highest BCUT2D eigenvalue weighted by molar-refractivity contribution is 5.50. The Hall–Kier alpha value is -1.98. The lowest BCUT2D eigenvalue weighted by Gasteiger charge is -2.07. The smallest absolute Gasteiger partial charge is 0.227 e. The summed E-state index contributed by atoms with van der Waals surface area (Å²) in [5.74, 6) is 0. The molecule has 0 aliphatic carbocycles. The van der Waals surface area contributed by atoms with Gasteiger partial charge in [-0.1, -0.05) is 0 Å². The predicted molar refractivity (Wildman–Crippen MR) is 56.8 cm³/mol. The van der Waals surface area contributed by atoms with Crippen LogP contribution in [0.1, 0.15) is 6.92 Å². The Labute approximate surface area is 86.4 Å². The zero-order chi connectivity index (χ0) is 11.3. The molecule has 0 aliphatic heterocycles. The molecule has 0 spiro atoms. The monoisotopic (exact) mass is 209 g/mol. The van der Waals surface area contributed by atoms with Crippen molar-refractivity contribution in [1.29, 1.82) is 0 Å². The summed E-state index contributed by atoms with van der Waals surface area (Å²) in [6, 6.07) is 5.76. The minimum Gasteiger partial charge on any atom is -0.378 e. The number of anilines is 1. The zero-order valence-electron chi connectivity index (χ0n) is 8.21. The highest BCUT2D eigenvalue weighted by atomic mass is 16.6. The minimum atomic E-state index is -0.645. The van der Waals surface area contributed by atoms with E-state index >= 15 is 0 Å². The lowest BCUT2D eigenvalue weighted by molar-refractivity contribution is -0.514. The Balaban J connectivity index is 2.51. The molecule has 0 amide bonds. The molecule has 0 aromatic heterocycles. The van der Waals surface area contributed by atoms with Gasteiger partial charge in [0.1, 0.15) is 5.69 Å². The van der Waals surface area contributed by atoms with Crippen LogP contribution in [0.15, 0.2) is 29.4 Å². The Kier molecular flexibility index (Phi) is 3.73. The molecular weight excluding hydrogens is 198 g/mol. The van der Waals surface area contributed by atoms with Crippen molar-refractivity contribution < 1.29 is 4.92 Å². The standard InChI is InChI=1S/C9H11N3O3/c1-7(12(14)15)6-10-8-2-4-9(11-13)5-3-8/h2-5,7,10H,6H2,1H3. The van der Waals surface area contributed by atoms with Crippen LogP contribution in [0.25, 0.3) is 0 Å². The van der Waals surface area contributed by atoms with Crippen LogP contribution >= 0.6 is 0 Å². The van der Waals surface area contributed by atoms with Gasteiger partial charge in [-0.2, -0.15) is 0 Å². The van der Waals surface area contributed by atoms with Gasteiger partial charge in [-0.15, -0.1) is 4.91 Å². The summed E-state index contributed by atoms with van der Waals surface area (Å²) in [5.41, 5.74) is 1.07. The number of nitro groups is 1. The quantitative estimate of drug-likeness (QED) is 0.457. The van der Waals surface area contributed by atoms with Crippen LogP contribution < -0.4 is 5.32 Å². The Morgan fingerprint density at radius 3 is 2.53 bits per heavy atom. The fraction of sp³-hybridized carbons (Fsp3) is 0.333. The van der Waals surface area contributed by atoms with Gasteiger partial charge in [-0.25, -0.2) is 0 Å². The maximum atomic E-state index is 10.3. The van der Waals surface area contributed by atoms with Gasteiger partial charge in [0.05, 0.1) is 6.54 Å². The summed E-state index contributed by atoms with van der Waals surface area (Å²) in [6.45, 7) is 1.77. The van der Waals surface area contributed by atoms with Crippen LogP contribution in [0.2, 0.25) is 0 Å². The van der Waals surface area contributed by atoms with E-state index in [1.807, 2.05) is 0 Å². The fourth-order valence-corrected chi connectivity index (χ4v) is 0.980. The maximum absolute atomic E-state index is 10.3. The van der Waals surface area contributed by atoms with E-state index in [2.05, 4.69) is 10.5 Å². The molecule has 0 saturated heterocycles. The van der Waals surface area contributed by atoms with Crippen molar-refractivity contribution in [1.82, 2.24) is 0 Å². The van der Waals surface area contributed by atoms with E-state index in [9.17, 15) is 15.0 Å². The molecule has 1 N–H and O–H groups in total. The highest BCUT2D eigenvalue weighted by Gasteiger charge is 2.11. The van der Waals surface area contributed by atoms with E-state index in [-0.39, 0.29) is 11.5 Å². The highest BCUT2D eigenvalue weighted by Crippen LogP contribution is 2.15. The first-order valence-corrected chi connectivity index (χ1v) is 4.44. The lowest BCUT2D eigenvalue weighted by atomic mass is 10.2. The van der Waals surface area contributed by atoms with Crippen molar-refractivity contribution in [2.45, 2.75) is 13.0 Å². The second-order valence-corrected chi connectivity index (χ2v) is 3.15. The minimum absolute atomic E-state index is 0.251. The predicted octanol–water partition coefficient (Wildman–Crippen LogP) is 2.16. The summed E-state index contributed by atoms with van der Waals surface area (Å²) in [4.78, 5) is 20.1. The van der Waals surface area contributed by atoms with E-state index in [0.717, 1.165) is 5.69 Å². The van der Waals surface area contributed by atoms with Gasteiger partial charge in [-0.3, -0.25) is 10.1 Å². The van der Waals surface area contributed by atoms with Crippen molar-refractivity contribution in [3.05, 3.63) is 39.3 Å². The van der Waals surface area contributed by atoms with Crippen molar-refractivity contribution in [2.75, 3.05) is 11.9 Å². The molecule has 6 heteroatoms. The Bertz CT molecular complexity index is 350. The average molecular weight is 209 g/mol. The SMILES string of the molecule is CC(CNc1ccc(N=O)cc1)[N+](=O)[O-]. The molecule has 15 heavy (non-hydrogen) atoms. The summed E-state index contributed by atoms with van der Waals surface area (Å²) < 4.78 is 0. The number of hydrogen-bond donors (Lipinski definition) is 1. The first-order chi connectivity index (χ1) is 7.13. The second kappa shape index (κ2) is 5.04. The topological polar surface area (TPSA) is 84.6 Å². The van der Waals surface area contributed by atoms with Crippen LogP contribution in [0.4, 0.5) is 11.4 Å². The number of hydrogen-bond acceptors (Lipinski definition) is 5. The largest absolute Gasteiger partial charge is 0.378 e. The van der Waals surface area contributed by atoms with E-state index in [4.69, 9.17) is 0 Å². The van der Waals surface area contributed by atoms with Crippen molar-refractivity contribution in [2.24, 2.45) is 5.18 Å². The molecule has 1 unspecified atom stereocenters. The number of nitroso groups, excluding NO2 is 1. The summed E-state index contributed by atoms with van der Waals surface area (Å²) in [7, 11) is 0. The Morgan fingerprint density at radius 2 is 2.07 bits per heavy atom. The van der Waals surface area contributed by atoms with Crippen LogP contribution in [0.5, 0.6) is 0 Å². The molecule has 0 aliphatic rings. The molecule has 0 fully saturated rings. The van der Waals surface area contributed by atoms with Crippen LogP contribution in [-0.2, 0) is 0 Å². The van der Waals surface area contributed by atoms with Crippen molar-refractivity contribution >= 4 is 11.4 Å². The maximum Gasteiger partial charge on any atom is 0.227 e. The van der Waals surface area contributed by atoms with E-state index < -0.39 is 6.04 Å². The second-order valence-electron chi connectivity index (χ2n) is 3.15. The third-order valence-corrected chi connectivity index (χ3v) is 1.93. The third-order valence-electron chi connectivity index (χ3n) is 1.93. The number of benzene rings is 1. The molecule has 1 aromatic rings. The molecular formula is C9H11N3O3. The number of nitrogens with zero attached hydrogens (tertiary/aromatic N) is 2. The van der Waals surface area contributed by atoms with Gasteiger partial charge < -0.3 is 5.32 Å². The van der Waals surface area contributed by atoms with Crippen LogP contribution in [-0.4, -0.2) is 17.5 Å². The first kappa shape index (κ1) is 11.1. The van der Waals surface area contributed by atoms with Gasteiger partial charge >= 0.3 is 0 Å². The lowest BCUT2D eigenvalue weighted by Crippen LogP contribution is -2.24. The van der Waals surface area contributed by atoms with E-state index in [1.165, 1.54) is 6.92 Å². The molecule has 80 valence electrons. The molecule has 0 bridgehead atoms. The third kappa shape index (κ3) is 3.34. The molecule has 1 rings (SSSR count). The molecule has 0 saturated carbocycles. The molecule has 6 nitrogen and oxygen atoms in total. The molecule has 0 radical (unpaired) electrons. The fourth-order valence-electron chi connectivity index (χ4n) is 0.980. The van der Waals surface area contributed by atoms with Gasteiger partial charge in [-0.05, 0) is 29.4 Å². The van der Waals surface area contributed by atoms with Gasteiger partial charge in [0.2, 0.25) is 6.04 Å². The van der Waals surface area contributed by atoms with Gasteiger partial charge in [0.15, 0.2) is 0 Å².